The number of aryl methyl sites for hydroxylation is 1. The van der Waals surface area contributed by atoms with Crippen LogP contribution in [0.3, 0.4) is 0 Å². The normalized spacial score (nSPS) is 12.5. The zero-order valence-corrected chi connectivity index (χ0v) is 10.1. The van der Waals surface area contributed by atoms with Crippen molar-refractivity contribution in [3.05, 3.63) is 64.2 Å². The molecule has 0 radical (unpaired) electrons. The van der Waals surface area contributed by atoms with Gasteiger partial charge in [0.05, 0.1) is 11.1 Å². The Bertz CT molecular complexity index is 525. The molecule has 2 nitrogen and oxygen atoms in total. The Morgan fingerprint density at radius 1 is 1.29 bits per heavy atom. The van der Waals surface area contributed by atoms with Crippen LogP contribution in [-0.2, 0) is 0 Å². The van der Waals surface area contributed by atoms with E-state index in [0.29, 0.717) is 5.56 Å². The summed E-state index contributed by atoms with van der Waals surface area (Å²) in [5.74, 6) is -0.459. The second kappa shape index (κ2) is 4.82. The number of hydrogen-bond donors (Lipinski definition) is 1. The summed E-state index contributed by atoms with van der Waals surface area (Å²) in [6.07, 6.45) is 1.68. The molecular formula is C13H12ClFN2. The molecule has 1 aromatic carbocycles. The van der Waals surface area contributed by atoms with Gasteiger partial charge in [0.1, 0.15) is 5.82 Å². The van der Waals surface area contributed by atoms with E-state index < -0.39 is 11.9 Å². The molecule has 0 bridgehead atoms. The molecule has 0 aliphatic carbocycles. The standard InChI is InChI=1S/C13H12ClFN2/c1-8-5-6-9(7-17-8)13(16)10-3-2-4-11(15)12(10)14/h2-7,13H,16H2,1H3. The Labute approximate surface area is 104 Å². The summed E-state index contributed by atoms with van der Waals surface area (Å²) in [6.45, 7) is 1.89. The zero-order valence-electron chi connectivity index (χ0n) is 9.32. The van der Waals surface area contributed by atoms with Crippen molar-refractivity contribution < 1.29 is 4.39 Å². The summed E-state index contributed by atoms with van der Waals surface area (Å²) < 4.78 is 13.3. The van der Waals surface area contributed by atoms with Crippen molar-refractivity contribution in [1.29, 1.82) is 0 Å². The molecule has 0 saturated carbocycles. The molecule has 88 valence electrons. The number of nitrogens with two attached hydrogens (primary N) is 1. The maximum Gasteiger partial charge on any atom is 0.142 e. The third kappa shape index (κ3) is 2.46. The Morgan fingerprint density at radius 3 is 2.71 bits per heavy atom. The quantitative estimate of drug-likeness (QED) is 0.889. The summed E-state index contributed by atoms with van der Waals surface area (Å²) >= 11 is 5.89. The molecule has 0 aliphatic heterocycles. The van der Waals surface area contributed by atoms with Crippen molar-refractivity contribution in [2.75, 3.05) is 0 Å². The third-order valence-electron chi connectivity index (χ3n) is 2.61. The third-order valence-corrected chi connectivity index (χ3v) is 3.01. The predicted molar refractivity (Wildman–Crippen MR) is 66.4 cm³/mol. The smallest absolute Gasteiger partial charge is 0.142 e. The van der Waals surface area contributed by atoms with Gasteiger partial charge in [0.15, 0.2) is 0 Å². The summed E-state index contributed by atoms with van der Waals surface area (Å²) in [7, 11) is 0. The van der Waals surface area contributed by atoms with Gasteiger partial charge in [-0.05, 0) is 30.2 Å². The van der Waals surface area contributed by atoms with Crippen LogP contribution in [0.4, 0.5) is 4.39 Å². The van der Waals surface area contributed by atoms with Gasteiger partial charge in [0.25, 0.3) is 0 Å². The first-order chi connectivity index (χ1) is 8.09. The van der Waals surface area contributed by atoms with E-state index in [2.05, 4.69) is 4.98 Å². The van der Waals surface area contributed by atoms with E-state index in [4.69, 9.17) is 17.3 Å². The maximum absolute atomic E-state index is 13.3. The molecule has 1 atom stereocenters. The van der Waals surface area contributed by atoms with Gasteiger partial charge in [0, 0.05) is 11.9 Å². The second-order valence-electron chi connectivity index (χ2n) is 3.85. The molecule has 0 spiro atoms. The highest BCUT2D eigenvalue weighted by Gasteiger charge is 2.14. The molecule has 1 heterocycles. The van der Waals surface area contributed by atoms with Crippen molar-refractivity contribution in [2.24, 2.45) is 5.73 Å². The van der Waals surface area contributed by atoms with Crippen LogP contribution in [0.5, 0.6) is 0 Å². The lowest BCUT2D eigenvalue weighted by molar-refractivity contribution is 0.624. The van der Waals surface area contributed by atoms with Crippen molar-refractivity contribution in [3.8, 4) is 0 Å². The largest absolute Gasteiger partial charge is 0.320 e. The van der Waals surface area contributed by atoms with Crippen molar-refractivity contribution in [2.45, 2.75) is 13.0 Å². The number of nitrogens with zero attached hydrogens (tertiary/aromatic N) is 1. The monoisotopic (exact) mass is 250 g/mol. The fourth-order valence-electron chi connectivity index (χ4n) is 1.60. The minimum atomic E-state index is -0.466. The van der Waals surface area contributed by atoms with Gasteiger partial charge in [-0.3, -0.25) is 4.98 Å². The number of rotatable bonds is 2. The van der Waals surface area contributed by atoms with E-state index >= 15 is 0 Å². The molecule has 0 amide bonds. The fraction of sp³-hybridized carbons (Fsp3) is 0.154. The highest BCUT2D eigenvalue weighted by Crippen LogP contribution is 2.28. The molecule has 2 N–H and O–H groups in total. The van der Waals surface area contributed by atoms with Crippen LogP contribution in [0.1, 0.15) is 22.9 Å². The first kappa shape index (κ1) is 12.0. The fourth-order valence-corrected chi connectivity index (χ4v) is 1.85. The molecule has 1 unspecified atom stereocenters. The van der Waals surface area contributed by atoms with E-state index in [-0.39, 0.29) is 5.02 Å². The lowest BCUT2D eigenvalue weighted by atomic mass is 10.0. The number of pyridine rings is 1. The van der Waals surface area contributed by atoms with E-state index in [0.717, 1.165) is 11.3 Å². The molecule has 4 heteroatoms. The van der Waals surface area contributed by atoms with Crippen LogP contribution >= 0.6 is 11.6 Å². The number of halogens is 2. The van der Waals surface area contributed by atoms with Crippen molar-refractivity contribution >= 4 is 11.6 Å². The van der Waals surface area contributed by atoms with E-state index in [9.17, 15) is 4.39 Å². The molecule has 2 rings (SSSR count). The van der Waals surface area contributed by atoms with E-state index in [1.165, 1.54) is 6.07 Å². The summed E-state index contributed by atoms with van der Waals surface area (Å²) in [5, 5.41) is 0.0700. The van der Waals surface area contributed by atoms with Crippen LogP contribution in [0.25, 0.3) is 0 Å². The predicted octanol–water partition coefficient (Wildman–Crippen LogP) is 3.23. The Morgan fingerprint density at radius 2 is 2.06 bits per heavy atom. The minimum absolute atomic E-state index is 0.0700. The summed E-state index contributed by atoms with van der Waals surface area (Å²) in [4.78, 5) is 4.16. The van der Waals surface area contributed by atoms with Gasteiger partial charge in [-0.1, -0.05) is 29.8 Å². The van der Waals surface area contributed by atoms with Crippen LogP contribution in [0, 0.1) is 12.7 Å². The first-order valence-electron chi connectivity index (χ1n) is 5.21. The van der Waals surface area contributed by atoms with Crippen LogP contribution < -0.4 is 5.73 Å². The molecule has 0 saturated heterocycles. The van der Waals surface area contributed by atoms with Gasteiger partial charge in [-0.15, -0.1) is 0 Å². The average molecular weight is 251 g/mol. The van der Waals surface area contributed by atoms with Crippen LogP contribution in [0.15, 0.2) is 36.5 Å². The van der Waals surface area contributed by atoms with Crippen molar-refractivity contribution in [1.82, 2.24) is 4.98 Å². The van der Waals surface area contributed by atoms with Crippen LogP contribution in [0.2, 0.25) is 5.02 Å². The Hall–Kier alpha value is -1.45. The summed E-state index contributed by atoms with van der Waals surface area (Å²) in [5.41, 5.74) is 8.33. The highest BCUT2D eigenvalue weighted by molar-refractivity contribution is 6.31. The second-order valence-corrected chi connectivity index (χ2v) is 4.23. The number of aromatic nitrogens is 1. The van der Waals surface area contributed by atoms with Gasteiger partial charge in [0.2, 0.25) is 0 Å². The highest BCUT2D eigenvalue weighted by atomic mass is 35.5. The van der Waals surface area contributed by atoms with Gasteiger partial charge >= 0.3 is 0 Å². The molecule has 0 fully saturated rings. The van der Waals surface area contributed by atoms with Gasteiger partial charge in [-0.25, -0.2) is 4.39 Å². The molecule has 1 aromatic heterocycles. The van der Waals surface area contributed by atoms with Gasteiger partial charge < -0.3 is 5.73 Å². The number of benzene rings is 1. The lowest BCUT2D eigenvalue weighted by Gasteiger charge is -2.14. The van der Waals surface area contributed by atoms with Crippen LogP contribution in [-0.4, -0.2) is 4.98 Å². The Kier molecular flexibility index (Phi) is 3.41. The Balaban J connectivity index is 2.40. The van der Waals surface area contributed by atoms with Crippen molar-refractivity contribution in [3.63, 3.8) is 0 Å². The van der Waals surface area contributed by atoms with E-state index in [1.807, 2.05) is 19.1 Å². The van der Waals surface area contributed by atoms with Gasteiger partial charge in [-0.2, -0.15) is 0 Å². The topological polar surface area (TPSA) is 38.9 Å². The lowest BCUT2D eigenvalue weighted by Crippen LogP contribution is -2.13. The minimum Gasteiger partial charge on any atom is -0.320 e. The molecule has 2 aromatic rings. The maximum atomic E-state index is 13.3. The molecule has 17 heavy (non-hydrogen) atoms. The molecular weight excluding hydrogens is 239 g/mol. The summed E-state index contributed by atoms with van der Waals surface area (Å²) in [6, 6.07) is 7.89. The number of hydrogen-bond acceptors (Lipinski definition) is 2. The molecule has 0 aliphatic rings. The first-order valence-corrected chi connectivity index (χ1v) is 5.59. The SMILES string of the molecule is Cc1ccc(C(N)c2cccc(F)c2Cl)cn1. The average Bonchev–Trinajstić information content (AvgIpc) is 2.33. The van der Waals surface area contributed by atoms with E-state index in [1.54, 1.807) is 18.3 Å². The zero-order chi connectivity index (χ0) is 12.4.